The Labute approximate surface area is 118 Å². The first-order chi connectivity index (χ1) is 9.38. The molecule has 7 heteroatoms. The normalized spacial score (nSPS) is 12.2. The van der Waals surface area contributed by atoms with Crippen LogP contribution in [-0.2, 0) is 5.41 Å². The molecule has 104 valence electrons. The van der Waals surface area contributed by atoms with E-state index < -0.39 is 5.82 Å². The van der Waals surface area contributed by atoms with Crippen molar-refractivity contribution >= 4 is 16.3 Å². The predicted molar refractivity (Wildman–Crippen MR) is 74.4 cm³/mol. The molecular formula is C13H13FN4OS. The van der Waals surface area contributed by atoms with E-state index in [1.807, 2.05) is 20.8 Å². The number of hydrogen-bond donors (Lipinski definition) is 1. The van der Waals surface area contributed by atoms with Gasteiger partial charge in [0.2, 0.25) is 4.96 Å². The molecule has 0 aliphatic rings. The van der Waals surface area contributed by atoms with E-state index in [1.54, 1.807) is 4.52 Å². The zero-order chi connectivity index (χ0) is 14.5. The third-order valence-electron chi connectivity index (χ3n) is 2.87. The van der Waals surface area contributed by atoms with E-state index in [4.69, 9.17) is 0 Å². The molecule has 0 spiro atoms. The molecule has 0 fully saturated rings. The summed E-state index contributed by atoms with van der Waals surface area (Å²) in [5.74, 6) is 0.0605. The van der Waals surface area contributed by atoms with Gasteiger partial charge in [0.15, 0.2) is 10.8 Å². The maximum Gasteiger partial charge on any atom is 0.235 e. The molecule has 2 aromatic heterocycles. The molecule has 0 bridgehead atoms. The van der Waals surface area contributed by atoms with Gasteiger partial charge in [-0.05, 0) is 12.1 Å². The van der Waals surface area contributed by atoms with Crippen LogP contribution in [0, 0.1) is 5.82 Å². The van der Waals surface area contributed by atoms with E-state index in [1.165, 1.54) is 29.5 Å². The Balaban J connectivity index is 2.22. The molecule has 1 aromatic carbocycles. The van der Waals surface area contributed by atoms with Crippen molar-refractivity contribution < 1.29 is 9.50 Å². The van der Waals surface area contributed by atoms with Crippen molar-refractivity contribution in [2.75, 3.05) is 0 Å². The van der Waals surface area contributed by atoms with Crippen LogP contribution < -0.4 is 0 Å². The Morgan fingerprint density at radius 2 is 2.00 bits per heavy atom. The first-order valence-electron chi connectivity index (χ1n) is 6.08. The highest BCUT2D eigenvalue weighted by Gasteiger charge is 2.24. The van der Waals surface area contributed by atoms with Crippen molar-refractivity contribution in [3.63, 3.8) is 0 Å². The summed E-state index contributed by atoms with van der Waals surface area (Å²) in [5.41, 5.74) is -0.120. The molecule has 1 N–H and O–H groups in total. The summed E-state index contributed by atoms with van der Waals surface area (Å²) >= 11 is 1.19. The van der Waals surface area contributed by atoms with Gasteiger partial charge in [-0.3, -0.25) is 0 Å². The van der Waals surface area contributed by atoms with Crippen molar-refractivity contribution in [2.45, 2.75) is 26.2 Å². The van der Waals surface area contributed by atoms with Crippen LogP contribution in [0.3, 0.4) is 0 Å². The number of aromatic hydroxyl groups is 1. The maximum atomic E-state index is 13.9. The second kappa shape index (κ2) is 4.24. The van der Waals surface area contributed by atoms with Crippen LogP contribution in [0.2, 0.25) is 0 Å². The molecule has 0 aliphatic carbocycles. The molecular weight excluding hydrogens is 279 g/mol. The van der Waals surface area contributed by atoms with Gasteiger partial charge < -0.3 is 5.11 Å². The van der Waals surface area contributed by atoms with Crippen molar-refractivity contribution in [1.29, 1.82) is 0 Å². The highest BCUT2D eigenvalue weighted by atomic mass is 32.1. The quantitative estimate of drug-likeness (QED) is 0.749. The molecule has 3 rings (SSSR count). The molecule has 0 radical (unpaired) electrons. The number of phenols is 1. The van der Waals surface area contributed by atoms with Crippen LogP contribution in [0.15, 0.2) is 18.2 Å². The SMILES string of the molecule is CC(C)(C)c1nnc2sc(-c3c(O)cccc3F)nn12. The Hall–Kier alpha value is -2.02. The summed E-state index contributed by atoms with van der Waals surface area (Å²) < 4.78 is 15.5. The van der Waals surface area contributed by atoms with Crippen LogP contribution in [0.4, 0.5) is 4.39 Å². The molecule has 0 saturated carbocycles. The fourth-order valence-electron chi connectivity index (χ4n) is 1.91. The van der Waals surface area contributed by atoms with Gasteiger partial charge in [-0.25, -0.2) is 4.39 Å². The van der Waals surface area contributed by atoms with Gasteiger partial charge in [0.05, 0.1) is 5.56 Å². The second-order valence-corrected chi connectivity index (χ2v) is 6.47. The number of benzene rings is 1. The first kappa shape index (κ1) is 13.0. The number of phenolic OH excluding ortho intramolecular Hbond substituents is 1. The van der Waals surface area contributed by atoms with Crippen LogP contribution in [-0.4, -0.2) is 24.9 Å². The van der Waals surface area contributed by atoms with E-state index in [2.05, 4.69) is 15.3 Å². The molecule has 0 saturated heterocycles. The van der Waals surface area contributed by atoms with Crippen molar-refractivity contribution in [3.05, 3.63) is 29.8 Å². The van der Waals surface area contributed by atoms with Crippen LogP contribution in [0.5, 0.6) is 5.75 Å². The molecule has 2 heterocycles. The Morgan fingerprint density at radius 3 is 2.65 bits per heavy atom. The van der Waals surface area contributed by atoms with Crippen molar-refractivity contribution in [3.8, 4) is 16.3 Å². The molecule has 3 aromatic rings. The minimum absolute atomic E-state index is 0.0999. The number of hydrogen-bond acceptors (Lipinski definition) is 5. The molecule has 0 aliphatic heterocycles. The van der Waals surface area contributed by atoms with E-state index >= 15 is 0 Å². The van der Waals surface area contributed by atoms with E-state index in [9.17, 15) is 9.50 Å². The summed E-state index contributed by atoms with van der Waals surface area (Å²) in [7, 11) is 0. The average molecular weight is 292 g/mol. The zero-order valence-electron chi connectivity index (χ0n) is 11.3. The van der Waals surface area contributed by atoms with Gasteiger partial charge in [-0.1, -0.05) is 38.2 Å². The lowest BCUT2D eigenvalue weighted by molar-refractivity contribution is 0.471. The third kappa shape index (κ3) is 1.94. The lowest BCUT2D eigenvalue weighted by atomic mass is 9.96. The average Bonchev–Trinajstić information content (AvgIpc) is 2.86. The summed E-state index contributed by atoms with van der Waals surface area (Å²) in [4.78, 5) is 0.576. The van der Waals surface area contributed by atoms with Crippen LogP contribution in [0.1, 0.15) is 26.6 Å². The van der Waals surface area contributed by atoms with Gasteiger partial charge >= 0.3 is 0 Å². The lowest BCUT2D eigenvalue weighted by Gasteiger charge is -2.13. The van der Waals surface area contributed by atoms with Gasteiger partial charge in [-0.15, -0.1) is 10.2 Å². The lowest BCUT2D eigenvalue weighted by Crippen LogP contribution is -2.16. The monoisotopic (exact) mass is 292 g/mol. The zero-order valence-corrected chi connectivity index (χ0v) is 12.1. The Kier molecular flexibility index (Phi) is 2.75. The van der Waals surface area contributed by atoms with Crippen LogP contribution >= 0.6 is 11.3 Å². The Bertz CT molecular complexity index is 767. The molecule has 0 atom stereocenters. The fourth-order valence-corrected chi connectivity index (χ4v) is 2.81. The number of aromatic nitrogens is 4. The molecule has 5 nitrogen and oxygen atoms in total. The number of halogens is 1. The van der Waals surface area contributed by atoms with E-state index in [0.717, 1.165) is 0 Å². The summed E-state index contributed by atoms with van der Waals surface area (Å²) in [6.45, 7) is 6.01. The second-order valence-electron chi connectivity index (χ2n) is 5.51. The van der Waals surface area contributed by atoms with Crippen molar-refractivity contribution in [1.82, 2.24) is 19.8 Å². The van der Waals surface area contributed by atoms with Gasteiger partial charge in [0.1, 0.15) is 11.6 Å². The predicted octanol–water partition coefficient (Wildman–Crippen LogP) is 3.00. The third-order valence-corrected chi connectivity index (χ3v) is 3.78. The number of rotatable bonds is 1. The number of nitrogens with zero attached hydrogens (tertiary/aromatic N) is 4. The largest absolute Gasteiger partial charge is 0.507 e. The first-order valence-corrected chi connectivity index (χ1v) is 6.90. The van der Waals surface area contributed by atoms with Gasteiger partial charge in [0, 0.05) is 5.41 Å². The van der Waals surface area contributed by atoms with Crippen LogP contribution in [0.25, 0.3) is 15.5 Å². The van der Waals surface area contributed by atoms with Crippen molar-refractivity contribution in [2.24, 2.45) is 0 Å². The highest BCUT2D eigenvalue weighted by Crippen LogP contribution is 2.35. The minimum Gasteiger partial charge on any atom is -0.507 e. The standard InChI is InChI=1S/C13H13FN4OS/c1-13(2,3)11-15-16-12-18(11)17-10(20-12)9-7(14)5-4-6-8(9)19/h4-6,19H,1-3H3. The minimum atomic E-state index is -0.507. The molecule has 20 heavy (non-hydrogen) atoms. The number of fused-ring (bicyclic) bond motifs is 1. The highest BCUT2D eigenvalue weighted by molar-refractivity contribution is 7.19. The molecule has 0 unspecified atom stereocenters. The maximum absolute atomic E-state index is 13.9. The van der Waals surface area contributed by atoms with E-state index in [-0.39, 0.29) is 16.7 Å². The topological polar surface area (TPSA) is 63.3 Å². The van der Waals surface area contributed by atoms with E-state index in [0.29, 0.717) is 15.8 Å². The fraction of sp³-hybridized carbons (Fsp3) is 0.308. The van der Waals surface area contributed by atoms with Gasteiger partial charge in [-0.2, -0.15) is 9.61 Å². The Morgan fingerprint density at radius 1 is 1.25 bits per heavy atom. The summed E-state index contributed by atoms with van der Waals surface area (Å²) in [6.07, 6.45) is 0. The summed E-state index contributed by atoms with van der Waals surface area (Å²) in [6, 6.07) is 4.18. The van der Waals surface area contributed by atoms with Gasteiger partial charge in [0.25, 0.3) is 0 Å². The molecule has 0 amide bonds. The summed E-state index contributed by atoms with van der Waals surface area (Å²) in [5, 5.41) is 22.7. The smallest absolute Gasteiger partial charge is 0.235 e.